The fourth-order valence-electron chi connectivity index (χ4n) is 3.43. The van der Waals surface area contributed by atoms with Gasteiger partial charge in [-0.2, -0.15) is 9.97 Å². The Hall–Kier alpha value is -3.77. The van der Waals surface area contributed by atoms with E-state index in [9.17, 15) is 0 Å². The molecule has 6 heteroatoms. The first-order valence-electron chi connectivity index (χ1n) is 9.24. The Morgan fingerprint density at radius 2 is 1.03 bits per heavy atom. The van der Waals surface area contributed by atoms with Crippen LogP contribution in [0.4, 0.5) is 23.3 Å². The normalized spacial score (nSPS) is 10.9. The van der Waals surface area contributed by atoms with E-state index in [0.717, 1.165) is 32.9 Å². The predicted octanol–water partition coefficient (Wildman–Crippen LogP) is 6.33. The maximum atomic E-state index is 5.29. The monoisotopic (exact) mass is 395 g/mol. The van der Waals surface area contributed by atoms with Gasteiger partial charge in [-0.3, -0.25) is 4.98 Å². The van der Waals surface area contributed by atoms with Crippen molar-refractivity contribution in [2.75, 3.05) is 10.6 Å². The molecule has 0 bridgehead atoms. The lowest BCUT2D eigenvalue weighted by atomic mass is 10.1. The summed E-state index contributed by atoms with van der Waals surface area (Å²) in [5, 5.41) is 11.2. The van der Waals surface area contributed by atoms with E-state index in [2.05, 4.69) is 62.0 Å². The van der Waals surface area contributed by atoms with Crippen LogP contribution in [0.3, 0.4) is 0 Å². The van der Waals surface area contributed by atoms with Gasteiger partial charge in [-0.1, -0.05) is 72.8 Å². The molecule has 1 heterocycles. The molecular formula is C23H17N5S. The van der Waals surface area contributed by atoms with Crippen LogP contribution in [0.25, 0.3) is 21.5 Å². The molecule has 5 nitrogen and oxygen atoms in total. The summed E-state index contributed by atoms with van der Waals surface area (Å²) in [6.07, 6.45) is 0. The summed E-state index contributed by atoms with van der Waals surface area (Å²) >= 11 is 5.29. The molecule has 0 spiro atoms. The largest absolute Gasteiger partial charge is 0.325 e. The number of anilines is 4. The van der Waals surface area contributed by atoms with Crippen molar-refractivity contribution in [2.45, 2.75) is 0 Å². The summed E-state index contributed by atoms with van der Waals surface area (Å²) in [4.78, 5) is 11.9. The second kappa shape index (κ2) is 7.33. The third-order valence-electron chi connectivity index (χ3n) is 4.74. The topological polar surface area (TPSA) is 65.6 Å². The molecule has 140 valence electrons. The van der Waals surface area contributed by atoms with Crippen LogP contribution in [-0.2, 0) is 0 Å². The van der Waals surface area contributed by atoms with Crippen molar-refractivity contribution in [3.05, 3.63) is 89.7 Å². The van der Waals surface area contributed by atoms with Gasteiger partial charge >= 0.3 is 0 Å². The van der Waals surface area contributed by atoms with Gasteiger partial charge in [0.15, 0.2) is 0 Å². The van der Waals surface area contributed by atoms with E-state index in [1.807, 2.05) is 48.5 Å². The summed E-state index contributed by atoms with van der Waals surface area (Å²) in [7, 11) is 0. The van der Waals surface area contributed by atoms with Gasteiger partial charge < -0.3 is 10.6 Å². The third kappa shape index (κ3) is 3.53. The molecule has 0 atom stereocenters. The fraction of sp³-hybridized carbons (Fsp3) is 0. The van der Waals surface area contributed by atoms with E-state index in [-0.39, 0.29) is 4.77 Å². The Morgan fingerprint density at radius 1 is 0.586 bits per heavy atom. The minimum absolute atomic E-state index is 0.259. The zero-order chi connectivity index (χ0) is 19.6. The minimum Gasteiger partial charge on any atom is -0.325 e. The predicted molar refractivity (Wildman–Crippen MR) is 122 cm³/mol. The molecule has 0 amide bonds. The van der Waals surface area contributed by atoms with Gasteiger partial charge in [0.2, 0.25) is 16.7 Å². The molecular weight excluding hydrogens is 378 g/mol. The summed E-state index contributed by atoms with van der Waals surface area (Å²) < 4.78 is 0.259. The lowest BCUT2D eigenvalue weighted by Crippen LogP contribution is -2.04. The van der Waals surface area contributed by atoms with Crippen LogP contribution < -0.4 is 10.6 Å². The number of hydrogen-bond acceptors (Lipinski definition) is 5. The van der Waals surface area contributed by atoms with Gasteiger partial charge in [0.25, 0.3) is 0 Å². The Kier molecular flexibility index (Phi) is 4.38. The molecule has 29 heavy (non-hydrogen) atoms. The number of nitrogens with one attached hydrogen (secondary N) is 3. The molecule has 0 aliphatic carbocycles. The molecule has 0 aliphatic heterocycles. The number of nitrogens with zero attached hydrogens (tertiary/aromatic N) is 2. The van der Waals surface area contributed by atoms with E-state index >= 15 is 0 Å². The van der Waals surface area contributed by atoms with Crippen LogP contribution in [0, 0.1) is 4.77 Å². The van der Waals surface area contributed by atoms with Crippen molar-refractivity contribution >= 4 is 57.0 Å². The van der Waals surface area contributed by atoms with Crippen molar-refractivity contribution in [1.29, 1.82) is 0 Å². The molecule has 0 unspecified atom stereocenters. The maximum absolute atomic E-state index is 5.29. The highest BCUT2D eigenvalue weighted by Gasteiger charge is 2.06. The highest BCUT2D eigenvalue weighted by Crippen LogP contribution is 2.27. The first-order valence-corrected chi connectivity index (χ1v) is 9.65. The molecule has 0 aliphatic rings. The quantitative estimate of drug-likeness (QED) is 0.310. The molecule has 4 aromatic carbocycles. The molecule has 3 N–H and O–H groups in total. The molecule has 5 aromatic rings. The Labute approximate surface area is 172 Å². The molecule has 0 fully saturated rings. The average Bonchev–Trinajstić information content (AvgIpc) is 2.74. The van der Waals surface area contributed by atoms with Crippen LogP contribution in [0.5, 0.6) is 0 Å². The van der Waals surface area contributed by atoms with Crippen LogP contribution in [-0.4, -0.2) is 15.0 Å². The summed E-state index contributed by atoms with van der Waals surface area (Å²) in [6, 6.07) is 28.6. The summed E-state index contributed by atoms with van der Waals surface area (Å²) in [6.45, 7) is 0. The van der Waals surface area contributed by atoms with Crippen molar-refractivity contribution in [3.63, 3.8) is 0 Å². The Balaban J connectivity index is 1.51. The van der Waals surface area contributed by atoms with Crippen molar-refractivity contribution in [2.24, 2.45) is 0 Å². The Bertz CT molecular complexity index is 1280. The van der Waals surface area contributed by atoms with Gasteiger partial charge in [-0.15, -0.1) is 0 Å². The molecule has 0 saturated carbocycles. The SMILES string of the molecule is S=c1nc(Nc2cccc3ccccc23)[nH]c(Nc2cccc3ccccc23)n1. The summed E-state index contributed by atoms with van der Waals surface area (Å²) in [5.74, 6) is 1.06. The number of benzene rings is 4. The van der Waals surface area contributed by atoms with E-state index < -0.39 is 0 Å². The van der Waals surface area contributed by atoms with E-state index in [1.165, 1.54) is 0 Å². The molecule has 0 radical (unpaired) electrons. The van der Waals surface area contributed by atoms with Crippen LogP contribution in [0.15, 0.2) is 84.9 Å². The first-order chi connectivity index (χ1) is 14.3. The second-order valence-electron chi connectivity index (χ2n) is 6.63. The molecule has 1 aromatic heterocycles. The van der Waals surface area contributed by atoms with Crippen molar-refractivity contribution in [1.82, 2.24) is 15.0 Å². The number of aromatic nitrogens is 3. The smallest absolute Gasteiger partial charge is 0.225 e. The second-order valence-corrected chi connectivity index (χ2v) is 7.00. The number of fused-ring (bicyclic) bond motifs is 2. The number of rotatable bonds is 4. The van der Waals surface area contributed by atoms with Crippen LogP contribution in [0.2, 0.25) is 0 Å². The zero-order valence-electron chi connectivity index (χ0n) is 15.4. The molecule has 0 saturated heterocycles. The fourth-order valence-corrected chi connectivity index (χ4v) is 3.61. The standard InChI is InChI=1S/C23H17N5S/c29-23-27-21(24-19-13-5-9-15-7-1-3-11-17(15)19)26-22(28-23)25-20-14-6-10-16-8-2-4-12-18(16)20/h1-14H,(H3,24,25,26,27,28,29). The van der Waals surface area contributed by atoms with Gasteiger partial charge in [-0.25, -0.2) is 0 Å². The lowest BCUT2D eigenvalue weighted by Gasteiger charge is -2.12. The number of H-pyrrole nitrogens is 1. The van der Waals surface area contributed by atoms with Crippen LogP contribution >= 0.6 is 12.2 Å². The first kappa shape index (κ1) is 17.3. The number of hydrogen-bond donors (Lipinski definition) is 3. The average molecular weight is 395 g/mol. The van der Waals surface area contributed by atoms with E-state index in [4.69, 9.17) is 12.2 Å². The van der Waals surface area contributed by atoms with Crippen molar-refractivity contribution < 1.29 is 0 Å². The highest BCUT2D eigenvalue weighted by atomic mass is 32.1. The highest BCUT2D eigenvalue weighted by molar-refractivity contribution is 7.71. The third-order valence-corrected chi connectivity index (χ3v) is 4.92. The van der Waals surface area contributed by atoms with Gasteiger partial charge in [0, 0.05) is 22.1 Å². The van der Waals surface area contributed by atoms with E-state index in [0.29, 0.717) is 11.9 Å². The van der Waals surface area contributed by atoms with Gasteiger partial charge in [0.05, 0.1) is 0 Å². The van der Waals surface area contributed by atoms with Crippen LogP contribution in [0.1, 0.15) is 0 Å². The number of aromatic amines is 1. The van der Waals surface area contributed by atoms with Gasteiger partial charge in [-0.05, 0) is 35.1 Å². The minimum atomic E-state index is 0.259. The van der Waals surface area contributed by atoms with E-state index in [1.54, 1.807) is 0 Å². The van der Waals surface area contributed by atoms with Gasteiger partial charge in [0.1, 0.15) is 0 Å². The Morgan fingerprint density at radius 3 is 1.55 bits per heavy atom. The zero-order valence-corrected chi connectivity index (χ0v) is 16.2. The molecule has 5 rings (SSSR count). The van der Waals surface area contributed by atoms with Crippen molar-refractivity contribution in [3.8, 4) is 0 Å². The maximum Gasteiger partial charge on any atom is 0.225 e. The summed E-state index contributed by atoms with van der Waals surface area (Å²) in [5.41, 5.74) is 1.90. The lowest BCUT2D eigenvalue weighted by molar-refractivity contribution is 1.04.